The van der Waals surface area contributed by atoms with Crippen LogP contribution < -0.4 is 4.72 Å². The Morgan fingerprint density at radius 3 is 2.43 bits per heavy atom. The molecule has 0 spiro atoms. The lowest BCUT2D eigenvalue weighted by Gasteiger charge is -2.11. The van der Waals surface area contributed by atoms with Gasteiger partial charge in [-0.2, -0.15) is 0 Å². The molecule has 0 aromatic heterocycles. The number of unbranched alkanes of at least 4 members (excludes halogenated alkanes) is 1. The molecule has 5 heteroatoms. The number of nitrogens with one attached hydrogen (secondary N) is 1. The lowest BCUT2D eigenvalue weighted by Crippen LogP contribution is -2.16. The highest BCUT2D eigenvalue weighted by Crippen LogP contribution is 2.30. The van der Waals surface area contributed by atoms with Crippen molar-refractivity contribution in [3.63, 3.8) is 0 Å². The molecule has 0 radical (unpaired) electrons. The summed E-state index contributed by atoms with van der Waals surface area (Å²) in [7, 11) is -3.43. The second-order valence-corrected chi connectivity index (χ2v) is 6.71. The summed E-state index contributed by atoms with van der Waals surface area (Å²) in [5.41, 5.74) is 2.03. The molecule has 0 heterocycles. The maximum Gasteiger partial charge on any atom is 0.232 e. The van der Waals surface area contributed by atoms with E-state index in [0.717, 1.165) is 17.5 Å². The Morgan fingerprint density at radius 2 is 1.76 bits per heavy atom. The third-order valence-corrected chi connectivity index (χ3v) is 4.49. The molecule has 0 saturated carbocycles. The molecular formula is C16H19NO3S. The smallest absolute Gasteiger partial charge is 0.232 e. The highest BCUT2D eigenvalue weighted by atomic mass is 32.2. The fraction of sp³-hybridized carbons (Fsp3) is 0.250. The standard InChI is InChI=1S/C16H19NO3S/c1-2-3-11-21(19,20)17-15-12-14(9-10-16(15)18)13-7-5-4-6-8-13/h4-10,12,17-18H,2-3,11H2,1H3. The van der Waals surface area contributed by atoms with Gasteiger partial charge in [0, 0.05) is 0 Å². The summed E-state index contributed by atoms with van der Waals surface area (Å²) in [4.78, 5) is 0. The van der Waals surface area contributed by atoms with Crippen LogP contribution in [-0.2, 0) is 10.0 Å². The van der Waals surface area contributed by atoms with Gasteiger partial charge in [-0.3, -0.25) is 4.72 Å². The molecule has 2 aromatic carbocycles. The van der Waals surface area contributed by atoms with Gasteiger partial charge in [-0.05, 0) is 29.7 Å². The van der Waals surface area contributed by atoms with E-state index in [1.165, 1.54) is 6.07 Å². The second kappa shape index (κ2) is 6.63. The molecule has 0 saturated heterocycles. The van der Waals surface area contributed by atoms with Crippen LogP contribution in [0.2, 0.25) is 0 Å². The van der Waals surface area contributed by atoms with Gasteiger partial charge in [0.05, 0.1) is 11.4 Å². The van der Waals surface area contributed by atoms with E-state index in [4.69, 9.17) is 0 Å². The fourth-order valence-electron chi connectivity index (χ4n) is 1.98. The number of anilines is 1. The van der Waals surface area contributed by atoms with Crippen LogP contribution in [0.15, 0.2) is 48.5 Å². The predicted octanol–water partition coefficient (Wildman–Crippen LogP) is 3.60. The van der Waals surface area contributed by atoms with Gasteiger partial charge >= 0.3 is 0 Å². The van der Waals surface area contributed by atoms with Crippen molar-refractivity contribution in [3.8, 4) is 16.9 Å². The molecule has 0 unspecified atom stereocenters. The van der Waals surface area contributed by atoms with Crippen LogP contribution in [-0.4, -0.2) is 19.3 Å². The monoisotopic (exact) mass is 305 g/mol. The van der Waals surface area contributed by atoms with Gasteiger partial charge in [-0.25, -0.2) is 8.42 Å². The van der Waals surface area contributed by atoms with Gasteiger partial charge in [0.25, 0.3) is 0 Å². The maximum atomic E-state index is 11.9. The number of hydrogen-bond donors (Lipinski definition) is 2. The van der Waals surface area contributed by atoms with Crippen molar-refractivity contribution in [2.45, 2.75) is 19.8 Å². The highest BCUT2D eigenvalue weighted by molar-refractivity contribution is 7.92. The number of rotatable bonds is 6. The van der Waals surface area contributed by atoms with Crippen molar-refractivity contribution in [3.05, 3.63) is 48.5 Å². The Morgan fingerprint density at radius 1 is 1.05 bits per heavy atom. The van der Waals surface area contributed by atoms with Crippen LogP contribution in [0, 0.1) is 0 Å². The zero-order chi connectivity index (χ0) is 15.3. The minimum atomic E-state index is -3.43. The Kier molecular flexibility index (Phi) is 4.85. The minimum absolute atomic E-state index is 0.0541. The summed E-state index contributed by atoms with van der Waals surface area (Å²) in [6.45, 7) is 1.93. The molecule has 0 atom stereocenters. The van der Waals surface area contributed by atoms with Gasteiger partial charge < -0.3 is 5.11 Å². The lowest BCUT2D eigenvalue weighted by atomic mass is 10.1. The van der Waals surface area contributed by atoms with E-state index >= 15 is 0 Å². The number of hydrogen-bond acceptors (Lipinski definition) is 3. The van der Waals surface area contributed by atoms with E-state index < -0.39 is 10.0 Å². The van der Waals surface area contributed by atoms with Crippen molar-refractivity contribution >= 4 is 15.7 Å². The summed E-state index contributed by atoms with van der Waals surface area (Å²) in [5.74, 6) is -0.0202. The predicted molar refractivity (Wildman–Crippen MR) is 85.9 cm³/mol. The fourth-order valence-corrected chi connectivity index (χ4v) is 3.25. The van der Waals surface area contributed by atoms with Gasteiger partial charge in [-0.15, -0.1) is 0 Å². The molecule has 0 aliphatic heterocycles. The average Bonchev–Trinajstić information content (AvgIpc) is 2.48. The minimum Gasteiger partial charge on any atom is -0.506 e. The van der Waals surface area contributed by atoms with Gasteiger partial charge in [0.2, 0.25) is 10.0 Å². The van der Waals surface area contributed by atoms with E-state index in [2.05, 4.69) is 4.72 Å². The Bertz CT molecular complexity index is 697. The molecule has 0 amide bonds. The first kappa shape index (κ1) is 15.4. The van der Waals surface area contributed by atoms with Crippen molar-refractivity contribution in [2.75, 3.05) is 10.5 Å². The SMILES string of the molecule is CCCCS(=O)(=O)Nc1cc(-c2ccccc2)ccc1O. The Balaban J connectivity index is 2.28. The number of benzene rings is 2. The molecule has 21 heavy (non-hydrogen) atoms. The number of phenols is 1. The molecule has 0 aliphatic rings. The van der Waals surface area contributed by atoms with Crippen LogP contribution >= 0.6 is 0 Å². The zero-order valence-corrected chi connectivity index (χ0v) is 12.7. The van der Waals surface area contributed by atoms with E-state index in [9.17, 15) is 13.5 Å². The summed E-state index contributed by atoms with van der Waals surface area (Å²) < 4.78 is 26.3. The third-order valence-electron chi connectivity index (χ3n) is 3.14. The highest BCUT2D eigenvalue weighted by Gasteiger charge is 2.13. The average molecular weight is 305 g/mol. The van der Waals surface area contributed by atoms with E-state index in [-0.39, 0.29) is 17.2 Å². The molecule has 0 fully saturated rings. The van der Waals surface area contributed by atoms with Crippen LogP contribution in [0.1, 0.15) is 19.8 Å². The van der Waals surface area contributed by atoms with Crippen LogP contribution in [0.25, 0.3) is 11.1 Å². The van der Waals surface area contributed by atoms with Crippen LogP contribution in [0.4, 0.5) is 5.69 Å². The van der Waals surface area contributed by atoms with Crippen molar-refractivity contribution in [1.29, 1.82) is 0 Å². The van der Waals surface area contributed by atoms with Crippen LogP contribution in [0.5, 0.6) is 5.75 Å². The van der Waals surface area contributed by atoms with Gasteiger partial charge in [0.1, 0.15) is 5.75 Å². The van der Waals surface area contributed by atoms with E-state index in [1.807, 2.05) is 37.3 Å². The van der Waals surface area contributed by atoms with Gasteiger partial charge in [-0.1, -0.05) is 49.7 Å². The topological polar surface area (TPSA) is 66.4 Å². The quantitative estimate of drug-likeness (QED) is 0.801. The van der Waals surface area contributed by atoms with E-state index in [1.54, 1.807) is 12.1 Å². The molecular weight excluding hydrogens is 286 g/mol. The third kappa shape index (κ3) is 4.23. The second-order valence-electron chi connectivity index (χ2n) is 4.87. The van der Waals surface area contributed by atoms with Crippen molar-refractivity contribution in [2.24, 2.45) is 0 Å². The van der Waals surface area contributed by atoms with Gasteiger partial charge in [0.15, 0.2) is 0 Å². The molecule has 0 aliphatic carbocycles. The summed E-state index contributed by atoms with van der Waals surface area (Å²) in [5, 5.41) is 9.84. The summed E-state index contributed by atoms with van der Waals surface area (Å²) >= 11 is 0. The zero-order valence-electron chi connectivity index (χ0n) is 11.9. The first-order valence-electron chi connectivity index (χ1n) is 6.91. The Labute approximate surface area is 125 Å². The van der Waals surface area contributed by atoms with Crippen LogP contribution in [0.3, 0.4) is 0 Å². The summed E-state index contributed by atoms with van der Waals surface area (Å²) in [6, 6.07) is 14.5. The molecule has 2 rings (SSSR count). The molecule has 2 N–H and O–H groups in total. The molecule has 2 aromatic rings. The maximum absolute atomic E-state index is 11.9. The number of aromatic hydroxyl groups is 1. The van der Waals surface area contributed by atoms with E-state index in [0.29, 0.717) is 6.42 Å². The largest absolute Gasteiger partial charge is 0.506 e. The first-order valence-corrected chi connectivity index (χ1v) is 8.56. The first-order chi connectivity index (χ1) is 10.0. The normalized spacial score (nSPS) is 11.3. The number of phenolic OH excluding ortho intramolecular Hbond substituents is 1. The molecule has 0 bridgehead atoms. The van der Waals surface area contributed by atoms with Crippen molar-refractivity contribution in [1.82, 2.24) is 0 Å². The number of sulfonamides is 1. The lowest BCUT2D eigenvalue weighted by molar-refractivity contribution is 0.477. The van der Waals surface area contributed by atoms with Crippen molar-refractivity contribution < 1.29 is 13.5 Å². The Hall–Kier alpha value is -2.01. The summed E-state index contributed by atoms with van der Waals surface area (Å²) in [6.07, 6.45) is 1.39. The molecule has 4 nitrogen and oxygen atoms in total. The molecule has 112 valence electrons.